The first-order valence-corrected chi connectivity index (χ1v) is 6.98. The highest BCUT2D eigenvalue weighted by Crippen LogP contribution is 2.25. The number of hydrogen-bond acceptors (Lipinski definition) is 4. The van der Waals surface area contributed by atoms with E-state index in [1.807, 2.05) is 24.4 Å². The number of aromatic nitrogens is 1. The highest BCUT2D eigenvalue weighted by molar-refractivity contribution is 7.10. The fourth-order valence-corrected chi connectivity index (χ4v) is 2.56. The molecule has 0 radical (unpaired) electrons. The highest BCUT2D eigenvalue weighted by atomic mass is 32.1. The van der Waals surface area contributed by atoms with Crippen LogP contribution in [0.25, 0.3) is 0 Å². The largest absolute Gasteiger partial charge is 0.383 e. The molecule has 2 unspecified atom stereocenters. The third-order valence-corrected chi connectivity index (χ3v) is 4.12. The Morgan fingerprint density at radius 3 is 2.84 bits per heavy atom. The predicted molar refractivity (Wildman–Crippen MR) is 74.5 cm³/mol. The maximum atomic E-state index is 12.8. The minimum absolute atomic E-state index is 0.0490. The normalized spacial score (nSPS) is 16.0. The summed E-state index contributed by atoms with van der Waals surface area (Å²) in [4.78, 5) is 4.94. The first-order chi connectivity index (χ1) is 8.99. The lowest BCUT2D eigenvalue weighted by Crippen LogP contribution is -2.36. The van der Waals surface area contributed by atoms with Crippen LogP contribution in [-0.2, 0) is 5.60 Å². The second kappa shape index (κ2) is 5.77. The Hall–Kier alpha value is -1.30. The monoisotopic (exact) mass is 280 g/mol. The zero-order valence-corrected chi connectivity index (χ0v) is 11.7. The molecule has 0 spiro atoms. The van der Waals surface area contributed by atoms with Crippen molar-refractivity contribution >= 4 is 11.3 Å². The molecule has 5 heteroatoms. The van der Waals surface area contributed by atoms with Crippen LogP contribution in [0, 0.1) is 5.82 Å². The maximum Gasteiger partial charge on any atom is 0.141 e. The van der Waals surface area contributed by atoms with E-state index in [-0.39, 0.29) is 11.9 Å². The van der Waals surface area contributed by atoms with Crippen molar-refractivity contribution in [3.63, 3.8) is 0 Å². The third kappa shape index (κ3) is 3.59. The molecule has 2 aromatic rings. The molecule has 0 aliphatic rings. The quantitative estimate of drug-likeness (QED) is 0.885. The van der Waals surface area contributed by atoms with Crippen LogP contribution in [-0.4, -0.2) is 16.6 Å². The molecule has 0 aliphatic carbocycles. The van der Waals surface area contributed by atoms with Gasteiger partial charge in [0.05, 0.1) is 11.9 Å². The highest BCUT2D eigenvalue weighted by Gasteiger charge is 2.24. The van der Waals surface area contributed by atoms with Crippen molar-refractivity contribution in [3.8, 4) is 0 Å². The average molecular weight is 280 g/mol. The first-order valence-electron chi connectivity index (χ1n) is 6.10. The summed E-state index contributed by atoms with van der Waals surface area (Å²) >= 11 is 1.52. The number of rotatable bonds is 5. The minimum atomic E-state index is -0.914. The van der Waals surface area contributed by atoms with Gasteiger partial charge in [0.25, 0.3) is 0 Å². The van der Waals surface area contributed by atoms with E-state index in [2.05, 4.69) is 10.3 Å². The smallest absolute Gasteiger partial charge is 0.141 e. The molecule has 0 aromatic carbocycles. The SMILES string of the molecule is CC(NCC(C)(O)c1cccs1)c1ccc(F)cn1. The Morgan fingerprint density at radius 2 is 2.26 bits per heavy atom. The lowest BCUT2D eigenvalue weighted by molar-refractivity contribution is 0.0579. The molecular formula is C14H17FN2OS. The predicted octanol–water partition coefficient (Wildman–Crippen LogP) is 2.84. The van der Waals surface area contributed by atoms with Gasteiger partial charge in [0, 0.05) is 17.5 Å². The second-order valence-corrected chi connectivity index (χ2v) is 5.70. The van der Waals surface area contributed by atoms with E-state index in [4.69, 9.17) is 0 Å². The van der Waals surface area contributed by atoms with E-state index < -0.39 is 5.60 Å². The summed E-state index contributed by atoms with van der Waals surface area (Å²) < 4.78 is 12.8. The molecule has 2 rings (SSSR count). The number of halogens is 1. The van der Waals surface area contributed by atoms with Gasteiger partial charge in [-0.15, -0.1) is 11.3 Å². The fourth-order valence-electron chi connectivity index (χ4n) is 1.77. The summed E-state index contributed by atoms with van der Waals surface area (Å²) in [6.07, 6.45) is 1.20. The van der Waals surface area contributed by atoms with Crippen LogP contribution >= 0.6 is 11.3 Å². The number of nitrogens with zero attached hydrogens (tertiary/aromatic N) is 1. The summed E-state index contributed by atoms with van der Waals surface area (Å²) in [5.41, 5.74) is -0.161. The van der Waals surface area contributed by atoms with Crippen LogP contribution in [0.5, 0.6) is 0 Å². The first kappa shape index (κ1) is 14.1. The zero-order chi connectivity index (χ0) is 13.9. The molecule has 0 saturated heterocycles. The summed E-state index contributed by atoms with van der Waals surface area (Å²) in [5.74, 6) is -0.346. The van der Waals surface area contributed by atoms with Gasteiger partial charge in [0.15, 0.2) is 0 Å². The molecule has 0 saturated carbocycles. The molecule has 0 fully saturated rings. The Morgan fingerprint density at radius 1 is 1.47 bits per heavy atom. The van der Waals surface area contributed by atoms with Gasteiger partial charge < -0.3 is 10.4 Å². The number of nitrogens with one attached hydrogen (secondary N) is 1. The van der Waals surface area contributed by atoms with Crippen molar-refractivity contribution in [2.24, 2.45) is 0 Å². The number of pyridine rings is 1. The van der Waals surface area contributed by atoms with Crippen molar-refractivity contribution in [3.05, 3.63) is 52.2 Å². The molecule has 2 N–H and O–H groups in total. The van der Waals surface area contributed by atoms with Gasteiger partial charge in [-0.05, 0) is 37.4 Å². The second-order valence-electron chi connectivity index (χ2n) is 4.76. The molecule has 0 bridgehead atoms. The molecule has 0 aliphatic heterocycles. The molecule has 19 heavy (non-hydrogen) atoms. The van der Waals surface area contributed by atoms with Gasteiger partial charge >= 0.3 is 0 Å². The Balaban J connectivity index is 1.97. The third-order valence-electron chi connectivity index (χ3n) is 3.00. The molecule has 3 nitrogen and oxygen atoms in total. The Labute approximate surface area is 116 Å². The topological polar surface area (TPSA) is 45.1 Å². The zero-order valence-electron chi connectivity index (χ0n) is 10.9. The summed E-state index contributed by atoms with van der Waals surface area (Å²) in [6.45, 7) is 4.12. The van der Waals surface area contributed by atoms with E-state index >= 15 is 0 Å². The van der Waals surface area contributed by atoms with Crippen LogP contribution in [0.15, 0.2) is 35.8 Å². The Bertz CT molecular complexity index is 511. The molecule has 2 heterocycles. The number of aliphatic hydroxyl groups is 1. The summed E-state index contributed by atoms with van der Waals surface area (Å²) in [7, 11) is 0. The van der Waals surface area contributed by atoms with Crippen LogP contribution in [0.3, 0.4) is 0 Å². The molecule has 0 amide bonds. The number of thiophene rings is 1. The number of hydrogen-bond donors (Lipinski definition) is 2. The summed E-state index contributed by atoms with van der Waals surface area (Å²) in [5, 5.41) is 15.5. The van der Waals surface area contributed by atoms with E-state index in [1.165, 1.54) is 23.6 Å². The summed E-state index contributed by atoms with van der Waals surface area (Å²) in [6, 6.07) is 6.81. The standard InChI is InChI=1S/C14H17FN2OS/c1-10(12-6-5-11(15)8-16-12)17-9-14(2,18)13-4-3-7-19-13/h3-8,10,17-18H,9H2,1-2H3. The molecule has 2 atom stereocenters. The van der Waals surface area contributed by atoms with Crippen molar-refractivity contribution in [2.45, 2.75) is 25.5 Å². The van der Waals surface area contributed by atoms with Gasteiger partial charge in [0.2, 0.25) is 0 Å². The fraction of sp³-hybridized carbons (Fsp3) is 0.357. The average Bonchev–Trinajstić information content (AvgIpc) is 2.91. The lowest BCUT2D eigenvalue weighted by atomic mass is 10.0. The minimum Gasteiger partial charge on any atom is -0.383 e. The molecule has 2 aromatic heterocycles. The van der Waals surface area contributed by atoms with Crippen molar-refractivity contribution in [1.29, 1.82) is 0 Å². The van der Waals surface area contributed by atoms with E-state index in [0.717, 1.165) is 10.6 Å². The van der Waals surface area contributed by atoms with Crippen molar-refractivity contribution in [2.75, 3.05) is 6.54 Å². The van der Waals surface area contributed by atoms with Gasteiger partial charge in [-0.3, -0.25) is 4.98 Å². The maximum absolute atomic E-state index is 12.8. The van der Waals surface area contributed by atoms with Crippen molar-refractivity contribution in [1.82, 2.24) is 10.3 Å². The van der Waals surface area contributed by atoms with E-state index in [9.17, 15) is 9.50 Å². The van der Waals surface area contributed by atoms with Crippen LogP contribution in [0.1, 0.15) is 30.5 Å². The van der Waals surface area contributed by atoms with Gasteiger partial charge in [-0.2, -0.15) is 0 Å². The van der Waals surface area contributed by atoms with Crippen molar-refractivity contribution < 1.29 is 9.50 Å². The van der Waals surface area contributed by atoms with Gasteiger partial charge in [-0.1, -0.05) is 6.07 Å². The van der Waals surface area contributed by atoms with E-state index in [0.29, 0.717) is 6.54 Å². The van der Waals surface area contributed by atoms with Crippen LogP contribution in [0.4, 0.5) is 4.39 Å². The molecule has 102 valence electrons. The van der Waals surface area contributed by atoms with Gasteiger partial charge in [0.1, 0.15) is 11.4 Å². The molecular weight excluding hydrogens is 263 g/mol. The van der Waals surface area contributed by atoms with Crippen LogP contribution in [0.2, 0.25) is 0 Å². The van der Waals surface area contributed by atoms with Crippen LogP contribution < -0.4 is 5.32 Å². The van der Waals surface area contributed by atoms with Gasteiger partial charge in [-0.25, -0.2) is 4.39 Å². The Kier molecular flexibility index (Phi) is 4.29. The lowest BCUT2D eigenvalue weighted by Gasteiger charge is -2.24. The van der Waals surface area contributed by atoms with E-state index in [1.54, 1.807) is 13.0 Å².